The van der Waals surface area contributed by atoms with Crippen molar-refractivity contribution in [2.45, 2.75) is 6.61 Å². The largest absolute Gasteiger partial charge is 0.487 e. The normalized spacial score (nSPS) is 10.2. The maximum absolute atomic E-state index is 11.3. The summed E-state index contributed by atoms with van der Waals surface area (Å²) in [7, 11) is 0. The van der Waals surface area contributed by atoms with Gasteiger partial charge >= 0.3 is 5.97 Å². The molecule has 4 heteroatoms. The highest BCUT2D eigenvalue weighted by molar-refractivity contribution is 5.92. The van der Waals surface area contributed by atoms with E-state index >= 15 is 0 Å². The van der Waals surface area contributed by atoms with E-state index in [2.05, 4.69) is 0 Å². The molecule has 4 nitrogen and oxygen atoms in total. The van der Waals surface area contributed by atoms with Gasteiger partial charge in [-0.2, -0.15) is 5.26 Å². The van der Waals surface area contributed by atoms with Gasteiger partial charge in [0.1, 0.15) is 18.2 Å². The first-order chi connectivity index (χ1) is 11.2. The number of hydrogen-bond donors (Lipinski definition) is 1. The number of nitrogens with zero attached hydrogens (tertiary/aromatic N) is 1. The molecule has 0 aliphatic rings. The molecule has 23 heavy (non-hydrogen) atoms. The van der Waals surface area contributed by atoms with Crippen molar-refractivity contribution in [3.8, 4) is 11.8 Å². The third kappa shape index (κ3) is 2.85. The van der Waals surface area contributed by atoms with Crippen molar-refractivity contribution in [3.63, 3.8) is 0 Å². The molecule has 3 aromatic rings. The summed E-state index contributed by atoms with van der Waals surface area (Å²) in [5, 5.41) is 20.6. The number of para-hydroxylation sites is 1. The van der Waals surface area contributed by atoms with E-state index in [1.54, 1.807) is 6.07 Å². The Balaban J connectivity index is 1.97. The van der Waals surface area contributed by atoms with Crippen LogP contribution in [0.4, 0.5) is 0 Å². The van der Waals surface area contributed by atoms with Gasteiger partial charge in [-0.05, 0) is 28.5 Å². The molecule has 3 aromatic carbocycles. The summed E-state index contributed by atoms with van der Waals surface area (Å²) >= 11 is 0. The lowest BCUT2D eigenvalue weighted by molar-refractivity contribution is 0.0691. The first-order valence-electron chi connectivity index (χ1n) is 7.06. The maximum Gasteiger partial charge on any atom is 0.339 e. The molecule has 0 saturated heterocycles. The standard InChI is InChI=1S/C19H13NO3/c20-11-14-7-4-10-17(19(21)22)18(14)23-12-15-8-3-6-13-5-1-2-9-16(13)15/h1-10H,12H2,(H,21,22). The zero-order valence-electron chi connectivity index (χ0n) is 12.2. The maximum atomic E-state index is 11.3. The molecule has 0 saturated carbocycles. The number of ether oxygens (including phenoxy) is 1. The molecule has 0 bridgehead atoms. The van der Waals surface area contributed by atoms with Crippen molar-refractivity contribution in [2.24, 2.45) is 0 Å². The van der Waals surface area contributed by atoms with Gasteiger partial charge in [-0.1, -0.05) is 48.5 Å². The average molecular weight is 303 g/mol. The lowest BCUT2D eigenvalue weighted by atomic mass is 10.1. The van der Waals surface area contributed by atoms with Crippen LogP contribution in [0.5, 0.6) is 5.75 Å². The fourth-order valence-corrected chi connectivity index (χ4v) is 2.52. The van der Waals surface area contributed by atoms with Crippen molar-refractivity contribution < 1.29 is 14.6 Å². The van der Waals surface area contributed by atoms with Crippen molar-refractivity contribution >= 4 is 16.7 Å². The smallest absolute Gasteiger partial charge is 0.339 e. The minimum atomic E-state index is -1.12. The Kier molecular flexibility index (Phi) is 3.94. The zero-order chi connectivity index (χ0) is 16.2. The minimum Gasteiger partial charge on any atom is -0.487 e. The Morgan fingerprint density at radius 1 is 1.04 bits per heavy atom. The van der Waals surface area contributed by atoms with Crippen LogP contribution in [0.3, 0.4) is 0 Å². The van der Waals surface area contributed by atoms with Gasteiger partial charge in [-0.15, -0.1) is 0 Å². The minimum absolute atomic E-state index is 0.00992. The molecule has 0 fully saturated rings. The molecule has 3 rings (SSSR count). The van der Waals surface area contributed by atoms with Crippen LogP contribution >= 0.6 is 0 Å². The number of nitriles is 1. The SMILES string of the molecule is N#Cc1cccc(C(=O)O)c1OCc1cccc2ccccc12. The number of carboxylic acids is 1. The molecule has 0 atom stereocenters. The number of carbonyl (C=O) groups is 1. The predicted octanol–water partition coefficient (Wildman–Crippen LogP) is 3.99. The van der Waals surface area contributed by atoms with Crippen LogP contribution in [-0.2, 0) is 6.61 Å². The summed E-state index contributed by atoms with van der Waals surface area (Å²) in [6.07, 6.45) is 0. The van der Waals surface area contributed by atoms with E-state index in [4.69, 9.17) is 4.74 Å². The predicted molar refractivity (Wildman–Crippen MR) is 86.4 cm³/mol. The van der Waals surface area contributed by atoms with Crippen LogP contribution < -0.4 is 4.74 Å². The summed E-state index contributed by atoms with van der Waals surface area (Å²) in [6.45, 7) is 0.195. The number of fused-ring (bicyclic) bond motifs is 1. The fourth-order valence-electron chi connectivity index (χ4n) is 2.52. The second-order valence-electron chi connectivity index (χ2n) is 5.03. The van der Waals surface area contributed by atoms with Gasteiger partial charge < -0.3 is 9.84 Å². The van der Waals surface area contributed by atoms with Crippen LogP contribution in [0, 0.1) is 11.3 Å². The Morgan fingerprint density at radius 2 is 1.78 bits per heavy atom. The van der Waals surface area contributed by atoms with E-state index in [-0.39, 0.29) is 23.5 Å². The quantitative estimate of drug-likeness (QED) is 0.791. The molecule has 0 amide bonds. The number of carboxylic acid groups (broad SMARTS) is 1. The lowest BCUT2D eigenvalue weighted by Crippen LogP contribution is -2.05. The molecule has 0 unspecified atom stereocenters. The number of benzene rings is 3. The van der Waals surface area contributed by atoms with Crippen LogP contribution in [-0.4, -0.2) is 11.1 Å². The van der Waals surface area contributed by atoms with Gasteiger partial charge in [0, 0.05) is 0 Å². The van der Waals surface area contributed by atoms with Gasteiger partial charge in [-0.25, -0.2) is 4.79 Å². The van der Waals surface area contributed by atoms with Gasteiger partial charge in [-0.3, -0.25) is 0 Å². The van der Waals surface area contributed by atoms with Gasteiger partial charge in [0.25, 0.3) is 0 Å². The van der Waals surface area contributed by atoms with E-state index in [0.717, 1.165) is 16.3 Å². The third-order valence-electron chi connectivity index (χ3n) is 3.62. The molecule has 0 heterocycles. The highest BCUT2D eigenvalue weighted by Gasteiger charge is 2.15. The van der Waals surface area contributed by atoms with Crippen molar-refractivity contribution in [2.75, 3.05) is 0 Å². The first kappa shape index (κ1) is 14.6. The Bertz CT molecular complexity index is 920. The lowest BCUT2D eigenvalue weighted by Gasteiger charge is -2.12. The molecule has 0 aliphatic carbocycles. The van der Waals surface area contributed by atoms with E-state index in [1.807, 2.05) is 48.5 Å². The molecule has 0 aliphatic heterocycles. The molecule has 0 spiro atoms. The Labute approximate surface area is 133 Å². The van der Waals surface area contributed by atoms with Crippen molar-refractivity contribution in [3.05, 3.63) is 77.4 Å². The van der Waals surface area contributed by atoms with E-state index in [9.17, 15) is 15.2 Å². The third-order valence-corrected chi connectivity index (χ3v) is 3.62. The van der Waals surface area contributed by atoms with E-state index in [0.29, 0.717) is 0 Å². The summed E-state index contributed by atoms with van der Waals surface area (Å²) in [4.78, 5) is 11.3. The van der Waals surface area contributed by atoms with Gasteiger partial charge in [0.15, 0.2) is 5.75 Å². The van der Waals surface area contributed by atoms with E-state index < -0.39 is 5.97 Å². The van der Waals surface area contributed by atoms with Crippen molar-refractivity contribution in [1.29, 1.82) is 5.26 Å². The van der Waals surface area contributed by atoms with Crippen LogP contribution in [0.2, 0.25) is 0 Å². The van der Waals surface area contributed by atoms with Crippen LogP contribution in [0.15, 0.2) is 60.7 Å². The summed E-state index contributed by atoms with van der Waals surface area (Å²) in [6, 6.07) is 20.2. The highest BCUT2D eigenvalue weighted by Crippen LogP contribution is 2.26. The molecular formula is C19H13NO3. The Morgan fingerprint density at radius 3 is 2.57 bits per heavy atom. The van der Waals surface area contributed by atoms with Gasteiger partial charge in [0.2, 0.25) is 0 Å². The van der Waals surface area contributed by atoms with Crippen LogP contribution in [0.1, 0.15) is 21.5 Å². The summed E-state index contributed by atoms with van der Waals surface area (Å²) < 4.78 is 5.71. The van der Waals surface area contributed by atoms with Gasteiger partial charge in [0.05, 0.1) is 5.56 Å². The molecular weight excluding hydrogens is 290 g/mol. The highest BCUT2D eigenvalue weighted by atomic mass is 16.5. The second kappa shape index (κ2) is 6.20. The number of hydrogen-bond acceptors (Lipinski definition) is 3. The topological polar surface area (TPSA) is 70.3 Å². The molecule has 112 valence electrons. The molecule has 1 N–H and O–H groups in total. The van der Waals surface area contributed by atoms with E-state index in [1.165, 1.54) is 12.1 Å². The zero-order valence-corrected chi connectivity index (χ0v) is 12.2. The monoisotopic (exact) mass is 303 g/mol. The second-order valence-corrected chi connectivity index (χ2v) is 5.03. The summed E-state index contributed by atoms with van der Waals surface area (Å²) in [5.41, 5.74) is 1.14. The van der Waals surface area contributed by atoms with Crippen molar-refractivity contribution in [1.82, 2.24) is 0 Å². The fraction of sp³-hybridized carbons (Fsp3) is 0.0526. The van der Waals surface area contributed by atoms with Crippen LogP contribution in [0.25, 0.3) is 10.8 Å². The molecule has 0 radical (unpaired) electrons. The summed E-state index contributed by atoms with van der Waals surface area (Å²) in [5.74, 6) is -1.01. The Hall–Kier alpha value is -3.32. The number of rotatable bonds is 4. The first-order valence-corrected chi connectivity index (χ1v) is 7.06. The number of aromatic carboxylic acids is 1. The molecule has 0 aromatic heterocycles. The average Bonchev–Trinajstić information content (AvgIpc) is 2.59.